The molecular weight excluding hydrogens is 548 g/mol. The van der Waals surface area contributed by atoms with Gasteiger partial charge < -0.3 is 10.2 Å². The maximum atomic E-state index is 14.0. The summed E-state index contributed by atoms with van der Waals surface area (Å²) < 4.78 is 53.6. The highest BCUT2D eigenvalue weighted by Crippen LogP contribution is 2.23. The molecule has 0 saturated heterocycles. The summed E-state index contributed by atoms with van der Waals surface area (Å²) >= 11 is 6.02. The van der Waals surface area contributed by atoms with E-state index in [-0.39, 0.29) is 24.7 Å². The van der Waals surface area contributed by atoms with Crippen LogP contribution in [0.3, 0.4) is 0 Å². The number of anilines is 1. The van der Waals surface area contributed by atoms with Crippen LogP contribution in [0.15, 0.2) is 72.8 Å². The number of carbonyl (C=O) groups excluding carboxylic acids is 2. The van der Waals surface area contributed by atoms with Crippen LogP contribution in [0.2, 0.25) is 5.02 Å². The number of sulfonamides is 1. The van der Waals surface area contributed by atoms with Crippen molar-refractivity contribution < 1.29 is 26.8 Å². The van der Waals surface area contributed by atoms with E-state index in [2.05, 4.69) is 5.32 Å². The molecule has 7 nitrogen and oxygen atoms in total. The van der Waals surface area contributed by atoms with Gasteiger partial charge in [0.25, 0.3) is 0 Å². The lowest BCUT2D eigenvalue weighted by molar-refractivity contribution is -0.140. The van der Waals surface area contributed by atoms with Gasteiger partial charge in [-0.25, -0.2) is 17.2 Å². The number of rotatable bonds is 11. The van der Waals surface area contributed by atoms with Crippen LogP contribution >= 0.6 is 11.6 Å². The first-order chi connectivity index (χ1) is 18.3. The van der Waals surface area contributed by atoms with E-state index >= 15 is 0 Å². The molecule has 3 rings (SSSR count). The second kappa shape index (κ2) is 13.0. The fourth-order valence-electron chi connectivity index (χ4n) is 3.98. The molecule has 0 unspecified atom stereocenters. The molecule has 3 aromatic rings. The van der Waals surface area contributed by atoms with Crippen LogP contribution in [-0.2, 0) is 32.6 Å². The highest BCUT2D eigenvalue weighted by molar-refractivity contribution is 7.92. The molecular formula is C28H30ClF2N3O4S. The third-order valence-corrected chi connectivity index (χ3v) is 7.23. The number of hydrogen-bond donors (Lipinski definition) is 1. The minimum absolute atomic E-state index is 0.0333. The van der Waals surface area contributed by atoms with Crippen molar-refractivity contribution in [3.63, 3.8) is 0 Å². The fraction of sp³-hybridized carbons (Fsp3) is 0.286. The summed E-state index contributed by atoms with van der Waals surface area (Å²) in [5, 5.41) is 3.33. The number of hydrogen-bond acceptors (Lipinski definition) is 4. The van der Waals surface area contributed by atoms with Crippen LogP contribution in [-0.4, -0.2) is 50.0 Å². The standard InChI is InChI=1S/C28H30ClF2N3O4S/c1-19(2)32-28(36)26(15-20-7-5-4-6-8-20)33(17-21-9-11-22(29)12-10-21)27(35)18-34(39(3,37)38)23-13-14-24(30)25(31)16-23/h4-14,16,19,26H,15,17-18H2,1-3H3,(H,32,36)/t26-/m1/s1. The first-order valence-electron chi connectivity index (χ1n) is 12.2. The summed E-state index contributed by atoms with van der Waals surface area (Å²) in [5.74, 6) is -3.55. The summed E-state index contributed by atoms with van der Waals surface area (Å²) in [5.41, 5.74) is 1.22. The number of amides is 2. The van der Waals surface area contributed by atoms with E-state index in [0.717, 1.165) is 24.0 Å². The SMILES string of the molecule is CC(C)NC(=O)[C@@H](Cc1ccccc1)N(Cc1ccc(Cl)cc1)C(=O)CN(c1ccc(F)c(F)c1)S(C)(=O)=O. The van der Waals surface area contributed by atoms with Gasteiger partial charge in [0.05, 0.1) is 11.9 Å². The molecule has 0 fully saturated rings. The second-order valence-corrected chi connectivity index (χ2v) is 11.7. The Hall–Kier alpha value is -3.50. The molecule has 0 heterocycles. The van der Waals surface area contributed by atoms with Gasteiger partial charge >= 0.3 is 0 Å². The molecule has 1 atom stereocenters. The monoisotopic (exact) mass is 577 g/mol. The lowest BCUT2D eigenvalue weighted by Crippen LogP contribution is -2.54. The van der Waals surface area contributed by atoms with Crippen LogP contribution < -0.4 is 9.62 Å². The molecule has 11 heteroatoms. The average Bonchev–Trinajstić information content (AvgIpc) is 2.87. The van der Waals surface area contributed by atoms with Crippen LogP contribution in [0, 0.1) is 11.6 Å². The molecule has 0 aliphatic heterocycles. The van der Waals surface area contributed by atoms with Gasteiger partial charge in [0.15, 0.2) is 11.6 Å². The van der Waals surface area contributed by atoms with Crippen LogP contribution in [0.1, 0.15) is 25.0 Å². The second-order valence-electron chi connectivity index (χ2n) is 9.38. The number of halogens is 3. The Morgan fingerprint density at radius 1 is 0.923 bits per heavy atom. The summed E-state index contributed by atoms with van der Waals surface area (Å²) in [6, 6.07) is 17.1. The van der Waals surface area contributed by atoms with Crippen LogP contribution in [0.4, 0.5) is 14.5 Å². The number of carbonyl (C=O) groups is 2. The zero-order valence-electron chi connectivity index (χ0n) is 21.8. The van der Waals surface area contributed by atoms with E-state index in [1.807, 2.05) is 30.3 Å². The van der Waals surface area contributed by atoms with Crippen molar-refractivity contribution in [3.05, 3.63) is 101 Å². The maximum Gasteiger partial charge on any atom is 0.244 e. The molecule has 0 aliphatic rings. The molecule has 2 amide bonds. The normalized spacial score (nSPS) is 12.2. The van der Waals surface area contributed by atoms with E-state index < -0.39 is 46.1 Å². The van der Waals surface area contributed by atoms with Crippen molar-refractivity contribution in [2.24, 2.45) is 0 Å². The van der Waals surface area contributed by atoms with Gasteiger partial charge in [0.1, 0.15) is 12.6 Å². The van der Waals surface area contributed by atoms with E-state index in [9.17, 15) is 26.8 Å². The fourth-order valence-corrected chi connectivity index (χ4v) is 4.94. The molecule has 0 bridgehead atoms. The van der Waals surface area contributed by atoms with E-state index in [1.165, 1.54) is 4.90 Å². The topological polar surface area (TPSA) is 86.8 Å². The molecule has 39 heavy (non-hydrogen) atoms. The Labute approximate surface area is 232 Å². The molecule has 0 aliphatic carbocycles. The van der Waals surface area contributed by atoms with Gasteiger partial charge in [0.2, 0.25) is 21.8 Å². The van der Waals surface area contributed by atoms with Crippen molar-refractivity contribution in [1.82, 2.24) is 10.2 Å². The molecule has 0 radical (unpaired) electrons. The summed E-state index contributed by atoms with van der Waals surface area (Å²) in [6.07, 6.45) is 1.01. The van der Waals surface area contributed by atoms with E-state index in [4.69, 9.17) is 11.6 Å². The first-order valence-corrected chi connectivity index (χ1v) is 14.4. The largest absolute Gasteiger partial charge is 0.352 e. The Morgan fingerprint density at radius 2 is 1.56 bits per heavy atom. The number of nitrogens with one attached hydrogen (secondary N) is 1. The Kier molecular flexibility index (Phi) is 10.0. The molecule has 3 aromatic carbocycles. The molecule has 208 valence electrons. The van der Waals surface area contributed by atoms with E-state index in [1.54, 1.807) is 38.1 Å². The lowest BCUT2D eigenvalue weighted by atomic mass is 10.0. The molecule has 0 saturated carbocycles. The number of nitrogens with zero attached hydrogens (tertiary/aromatic N) is 2. The molecule has 0 aromatic heterocycles. The Balaban J connectivity index is 2.06. The minimum atomic E-state index is -4.10. The summed E-state index contributed by atoms with van der Waals surface area (Å²) in [7, 11) is -4.10. The highest BCUT2D eigenvalue weighted by atomic mass is 35.5. The minimum Gasteiger partial charge on any atom is -0.352 e. The third-order valence-electron chi connectivity index (χ3n) is 5.84. The van der Waals surface area contributed by atoms with Crippen molar-refractivity contribution in [1.29, 1.82) is 0 Å². The summed E-state index contributed by atoms with van der Waals surface area (Å²) in [4.78, 5) is 28.6. The quantitative estimate of drug-likeness (QED) is 0.362. The van der Waals surface area contributed by atoms with Gasteiger partial charge in [0, 0.05) is 30.1 Å². The van der Waals surface area contributed by atoms with Crippen molar-refractivity contribution >= 4 is 39.1 Å². The van der Waals surface area contributed by atoms with Crippen molar-refractivity contribution in [2.45, 2.75) is 38.9 Å². The van der Waals surface area contributed by atoms with Gasteiger partial charge in [-0.05, 0) is 49.2 Å². The Morgan fingerprint density at radius 3 is 2.13 bits per heavy atom. The lowest BCUT2D eigenvalue weighted by Gasteiger charge is -2.34. The zero-order valence-corrected chi connectivity index (χ0v) is 23.3. The van der Waals surface area contributed by atoms with Gasteiger partial charge in [-0.15, -0.1) is 0 Å². The molecule has 0 spiro atoms. The van der Waals surface area contributed by atoms with Crippen LogP contribution in [0.25, 0.3) is 0 Å². The van der Waals surface area contributed by atoms with Gasteiger partial charge in [-0.3, -0.25) is 13.9 Å². The summed E-state index contributed by atoms with van der Waals surface area (Å²) in [6.45, 7) is 2.81. The smallest absolute Gasteiger partial charge is 0.244 e. The zero-order chi connectivity index (χ0) is 28.7. The average molecular weight is 578 g/mol. The van der Waals surface area contributed by atoms with Crippen molar-refractivity contribution in [3.8, 4) is 0 Å². The third kappa shape index (κ3) is 8.49. The van der Waals surface area contributed by atoms with Crippen molar-refractivity contribution in [2.75, 3.05) is 17.1 Å². The number of benzene rings is 3. The van der Waals surface area contributed by atoms with Gasteiger partial charge in [-0.1, -0.05) is 54.1 Å². The van der Waals surface area contributed by atoms with E-state index in [0.29, 0.717) is 21.0 Å². The molecule has 1 N–H and O–H groups in total. The predicted octanol–water partition coefficient (Wildman–Crippen LogP) is 4.55. The van der Waals surface area contributed by atoms with Crippen LogP contribution in [0.5, 0.6) is 0 Å². The Bertz CT molecular complexity index is 1400. The highest BCUT2D eigenvalue weighted by Gasteiger charge is 2.33. The predicted molar refractivity (Wildman–Crippen MR) is 148 cm³/mol. The first kappa shape index (κ1) is 30.0. The maximum absolute atomic E-state index is 14.0. The van der Waals surface area contributed by atoms with Gasteiger partial charge in [-0.2, -0.15) is 0 Å².